The highest BCUT2D eigenvalue weighted by Crippen LogP contribution is 2.37. The van der Waals surface area contributed by atoms with Crippen LogP contribution in [0.3, 0.4) is 0 Å². The van der Waals surface area contributed by atoms with Crippen LogP contribution in [0.4, 0.5) is 15.9 Å². The number of thiophene rings is 1. The van der Waals surface area contributed by atoms with E-state index in [-0.39, 0.29) is 12.0 Å². The molecule has 35 heavy (non-hydrogen) atoms. The number of aliphatic hydroxyl groups is 1. The Labute approximate surface area is 208 Å². The first-order valence-electron chi connectivity index (χ1n) is 11.9. The molecule has 0 saturated heterocycles. The largest absolute Gasteiger partial charge is 0.488 e. The highest BCUT2D eigenvalue weighted by Gasteiger charge is 2.24. The summed E-state index contributed by atoms with van der Waals surface area (Å²) in [7, 11) is 4.00. The molecule has 0 bridgehead atoms. The van der Waals surface area contributed by atoms with Crippen LogP contribution in [0.2, 0.25) is 0 Å². The number of ether oxygens (including phenoxy) is 1. The smallest absolute Gasteiger partial charge is 0.261 e. The number of anilines is 2. The Balaban J connectivity index is 1.56. The molecule has 1 saturated carbocycles. The van der Waals surface area contributed by atoms with E-state index < -0.39 is 11.9 Å². The second kappa shape index (κ2) is 11.3. The van der Waals surface area contributed by atoms with Gasteiger partial charge in [-0.2, -0.15) is 0 Å². The summed E-state index contributed by atoms with van der Waals surface area (Å²) in [6.07, 6.45) is 4.67. The number of benzene rings is 1. The summed E-state index contributed by atoms with van der Waals surface area (Å²) in [6.45, 7) is 3.37. The minimum Gasteiger partial charge on any atom is -0.488 e. The van der Waals surface area contributed by atoms with Crippen molar-refractivity contribution in [1.29, 1.82) is 0 Å². The lowest BCUT2D eigenvalue weighted by Gasteiger charge is -2.27. The van der Waals surface area contributed by atoms with E-state index in [1.165, 1.54) is 29.8 Å². The van der Waals surface area contributed by atoms with Gasteiger partial charge in [-0.25, -0.2) is 14.4 Å². The highest BCUT2D eigenvalue weighted by atomic mass is 32.1. The first kappa shape index (κ1) is 25.3. The highest BCUT2D eigenvalue weighted by molar-refractivity contribution is 7.20. The number of hydrogen-bond acceptors (Lipinski definition) is 8. The van der Waals surface area contributed by atoms with Crippen molar-refractivity contribution >= 4 is 39.0 Å². The minimum absolute atomic E-state index is 0.128. The molecule has 188 valence electrons. The number of aryl methyl sites for hydroxylation is 1. The van der Waals surface area contributed by atoms with Crippen LogP contribution in [0.15, 0.2) is 24.5 Å². The maximum absolute atomic E-state index is 14.1. The molecule has 4 rings (SSSR count). The number of aromatic nitrogens is 2. The van der Waals surface area contributed by atoms with Crippen molar-refractivity contribution in [3.05, 3.63) is 40.8 Å². The molecule has 10 heteroatoms. The predicted molar refractivity (Wildman–Crippen MR) is 136 cm³/mol. The van der Waals surface area contributed by atoms with E-state index in [0.717, 1.165) is 43.2 Å². The maximum Gasteiger partial charge on any atom is 0.261 e. The van der Waals surface area contributed by atoms with Gasteiger partial charge in [0.2, 0.25) is 0 Å². The molecule has 1 aliphatic carbocycles. The molecule has 1 aromatic carbocycles. The molecule has 2 heterocycles. The SMILES string of the molecule is Cc1c(C(=O)NCCCN(C)C)sc2ncnc(Nc3ccc(F)cc3O[C@H]3CCC[C@H](O)C3)c12. The quantitative estimate of drug-likeness (QED) is 0.377. The van der Waals surface area contributed by atoms with Crippen molar-refractivity contribution in [3.8, 4) is 5.75 Å². The second-order valence-electron chi connectivity index (χ2n) is 9.20. The van der Waals surface area contributed by atoms with Crippen LogP contribution in [0.1, 0.15) is 47.3 Å². The third-order valence-corrected chi connectivity index (χ3v) is 7.29. The van der Waals surface area contributed by atoms with E-state index in [2.05, 4.69) is 25.5 Å². The van der Waals surface area contributed by atoms with Crippen molar-refractivity contribution in [2.75, 3.05) is 32.5 Å². The van der Waals surface area contributed by atoms with E-state index in [9.17, 15) is 14.3 Å². The zero-order valence-electron chi connectivity index (χ0n) is 20.3. The Hall–Kier alpha value is -2.82. The number of hydrogen-bond donors (Lipinski definition) is 3. The summed E-state index contributed by atoms with van der Waals surface area (Å²) in [5.41, 5.74) is 1.35. The van der Waals surface area contributed by atoms with Crippen LogP contribution in [0.25, 0.3) is 10.2 Å². The zero-order valence-corrected chi connectivity index (χ0v) is 21.1. The molecule has 0 radical (unpaired) electrons. The second-order valence-corrected chi connectivity index (χ2v) is 10.2. The fraction of sp³-hybridized carbons (Fsp3) is 0.480. The average molecular weight is 502 g/mol. The van der Waals surface area contributed by atoms with Gasteiger partial charge in [0.05, 0.1) is 22.1 Å². The number of amides is 1. The van der Waals surface area contributed by atoms with E-state index in [0.29, 0.717) is 39.9 Å². The molecule has 0 unspecified atom stereocenters. The molecule has 8 nitrogen and oxygen atoms in total. The Morgan fingerprint density at radius 3 is 2.91 bits per heavy atom. The van der Waals surface area contributed by atoms with Crippen molar-refractivity contribution in [2.45, 2.75) is 51.2 Å². The van der Waals surface area contributed by atoms with E-state index in [4.69, 9.17) is 4.74 Å². The number of halogens is 1. The fourth-order valence-electron chi connectivity index (χ4n) is 4.29. The van der Waals surface area contributed by atoms with Crippen molar-refractivity contribution in [2.24, 2.45) is 0 Å². The molecule has 1 aliphatic rings. The molecule has 0 spiro atoms. The van der Waals surface area contributed by atoms with Gasteiger partial charge >= 0.3 is 0 Å². The van der Waals surface area contributed by atoms with Crippen LogP contribution in [0, 0.1) is 12.7 Å². The van der Waals surface area contributed by atoms with Crippen LogP contribution in [0.5, 0.6) is 5.75 Å². The molecule has 2 aromatic heterocycles. The summed E-state index contributed by atoms with van der Waals surface area (Å²) >= 11 is 1.32. The van der Waals surface area contributed by atoms with E-state index >= 15 is 0 Å². The first-order valence-corrected chi connectivity index (χ1v) is 12.7. The summed E-state index contributed by atoms with van der Waals surface area (Å²) in [5, 5.41) is 17.0. The van der Waals surface area contributed by atoms with Gasteiger partial charge in [0, 0.05) is 19.0 Å². The molecule has 1 amide bonds. The average Bonchev–Trinajstić information content (AvgIpc) is 3.16. The molecule has 2 atom stereocenters. The van der Waals surface area contributed by atoms with Gasteiger partial charge in [0.1, 0.15) is 34.6 Å². The molecule has 1 fully saturated rings. The lowest BCUT2D eigenvalue weighted by atomic mass is 9.95. The van der Waals surface area contributed by atoms with Crippen molar-refractivity contribution in [1.82, 2.24) is 20.2 Å². The monoisotopic (exact) mass is 501 g/mol. The van der Waals surface area contributed by atoms with Gasteiger partial charge in [0.15, 0.2) is 0 Å². The summed E-state index contributed by atoms with van der Waals surface area (Å²) in [6, 6.07) is 4.31. The predicted octanol–water partition coefficient (Wildman–Crippen LogP) is 4.25. The van der Waals surface area contributed by atoms with Gasteiger partial charge in [-0.1, -0.05) is 0 Å². The molecule has 3 aromatic rings. The van der Waals surface area contributed by atoms with Gasteiger partial charge in [-0.05, 0) is 70.9 Å². The van der Waals surface area contributed by atoms with Crippen LogP contribution in [-0.4, -0.2) is 65.3 Å². The number of nitrogens with zero attached hydrogens (tertiary/aromatic N) is 3. The molecular weight excluding hydrogens is 469 g/mol. The Bertz CT molecular complexity index is 1190. The Morgan fingerprint density at radius 1 is 1.31 bits per heavy atom. The first-order chi connectivity index (χ1) is 16.8. The van der Waals surface area contributed by atoms with Crippen molar-refractivity contribution in [3.63, 3.8) is 0 Å². The zero-order chi connectivity index (χ0) is 24.9. The number of nitrogens with one attached hydrogen (secondary N) is 2. The number of carbonyl (C=O) groups excluding carboxylic acids is 1. The minimum atomic E-state index is -0.408. The van der Waals surface area contributed by atoms with Gasteiger partial charge in [-0.3, -0.25) is 4.79 Å². The molecule has 3 N–H and O–H groups in total. The topological polar surface area (TPSA) is 99.6 Å². The van der Waals surface area contributed by atoms with Gasteiger partial charge in [0.25, 0.3) is 5.91 Å². The van der Waals surface area contributed by atoms with Crippen LogP contribution < -0.4 is 15.4 Å². The standard InChI is InChI=1S/C25H32FN5O3S/c1-15-21-23(28-14-29-25(21)35-22(15)24(33)27-10-5-11-31(2)3)30-19-9-8-16(26)12-20(19)34-18-7-4-6-17(32)13-18/h8-9,12,14,17-18,32H,4-7,10-11,13H2,1-3H3,(H,27,33)(H,28,29,30)/t17-,18-/m0/s1. The normalized spacial score (nSPS) is 18.1. The molecule has 0 aliphatic heterocycles. The maximum atomic E-state index is 14.1. The summed E-state index contributed by atoms with van der Waals surface area (Å²) in [4.78, 5) is 25.0. The number of fused-ring (bicyclic) bond motifs is 1. The van der Waals surface area contributed by atoms with Crippen molar-refractivity contribution < 1.29 is 19.0 Å². The van der Waals surface area contributed by atoms with Gasteiger partial charge < -0.3 is 25.4 Å². The van der Waals surface area contributed by atoms with E-state index in [1.807, 2.05) is 21.0 Å². The lowest BCUT2D eigenvalue weighted by molar-refractivity contribution is 0.0538. The van der Waals surface area contributed by atoms with Crippen LogP contribution in [-0.2, 0) is 0 Å². The van der Waals surface area contributed by atoms with Gasteiger partial charge in [-0.15, -0.1) is 11.3 Å². The van der Waals surface area contributed by atoms with E-state index in [1.54, 1.807) is 6.07 Å². The number of aliphatic hydroxyl groups excluding tert-OH is 1. The van der Waals surface area contributed by atoms with Crippen LogP contribution >= 0.6 is 11.3 Å². The lowest BCUT2D eigenvalue weighted by Crippen LogP contribution is -2.28. The third kappa shape index (κ3) is 6.25. The Morgan fingerprint density at radius 2 is 2.14 bits per heavy atom. The number of carbonyl (C=O) groups is 1. The fourth-order valence-corrected chi connectivity index (χ4v) is 5.36. The number of rotatable bonds is 9. The summed E-state index contributed by atoms with van der Waals surface area (Å²) < 4.78 is 20.2. The summed E-state index contributed by atoms with van der Waals surface area (Å²) in [5.74, 6) is 0.352. The Kier molecular flexibility index (Phi) is 8.15. The molecular formula is C25H32FN5O3S. The third-order valence-electron chi connectivity index (χ3n) is 6.09.